The summed E-state index contributed by atoms with van der Waals surface area (Å²) in [6, 6.07) is 18.7. The average Bonchev–Trinajstić information content (AvgIpc) is 3.33. The normalized spacial score (nSPS) is 15.0. The van der Waals surface area contributed by atoms with E-state index < -0.39 is 17.4 Å². The Morgan fingerprint density at radius 2 is 1.04 bits per heavy atom. The van der Waals surface area contributed by atoms with Crippen LogP contribution in [0.4, 0.5) is 0 Å². The van der Waals surface area contributed by atoms with E-state index in [1.54, 1.807) is 0 Å². The maximum Gasteiger partial charge on any atom is 0.332 e. The summed E-state index contributed by atoms with van der Waals surface area (Å²) in [5.41, 5.74) is 1.42. The van der Waals surface area contributed by atoms with E-state index >= 15 is 0 Å². The smallest absolute Gasteiger partial charge is 0.332 e. The average molecular weight is 308 g/mol. The van der Waals surface area contributed by atoms with Crippen molar-refractivity contribution in [1.29, 1.82) is 0 Å². The summed E-state index contributed by atoms with van der Waals surface area (Å²) >= 11 is 0. The quantitative estimate of drug-likeness (QED) is 0.644. The van der Waals surface area contributed by atoms with Crippen LogP contribution in [0.1, 0.15) is 11.1 Å². The molecular weight excluding hydrogens is 292 g/mol. The molecule has 0 saturated heterocycles. The third kappa shape index (κ3) is 2.14. The van der Waals surface area contributed by atoms with Gasteiger partial charge in [-0.15, -0.1) is 0 Å². The van der Waals surface area contributed by atoms with Crippen LogP contribution in [0.3, 0.4) is 0 Å². The van der Waals surface area contributed by atoms with E-state index in [0.29, 0.717) is 11.1 Å². The van der Waals surface area contributed by atoms with E-state index in [-0.39, 0.29) is 0 Å². The molecule has 0 N–H and O–H groups in total. The summed E-state index contributed by atoms with van der Waals surface area (Å²) < 4.78 is 9.85. The van der Waals surface area contributed by atoms with Gasteiger partial charge in [-0.25, -0.2) is 0 Å². The molecule has 0 spiro atoms. The summed E-state index contributed by atoms with van der Waals surface area (Å²) in [4.78, 5) is 25.0. The maximum atomic E-state index is 12.5. The van der Waals surface area contributed by atoms with Gasteiger partial charge in [0, 0.05) is 0 Å². The van der Waals surface area contributed by atoms with Crippen molar-refractivity contribution in [3.05, 3.63) is 71.8 Å². The Hall–Kier alpha value is -2.88. The SMILES string of the molecule is COC(=O)C1(C(=O)OC)C(c2ccccc2)=C1c1ccccc1. The lowest BCUT2D eigenvalue weighted by Crippen LogP contribution is -2.32. The summed E-state index contributed by atoms with van der Waals surface area (Å²) in [7, 11) is 2.55. The number of ether oxygens (including phenoxy) is 2. The maximum absolute atomic E-state index is 12.5. The molecule has 0 fully saturated rings. The first-order valence-corrected chi connectivity index (χ1v) is 7.20. The molecule has 0 radical (unpaired) electrons. The third-order valence-corrected chi connectivity index (χ3v) is 4.05. The molecule has 0 aromatic heterocycles. The Labute approximate surface area is 134 Å². The molecule has 0 bridgehead atoms. The number of hydrogen-bond donors (Lipinski definition) is 0. The third-order valence-electron chi connectivity index (χ3n) is 4.05. The molecule has 1 aliphatic carbocycles. The summed E-state index contributed by atoms with van der Waals surface area (Å²) in [5, 5.41) is 0. The number of esters is 2. The lowest BCUT2D eigenvalue weighted by molar-refractivity contribution is -0.158. The van der Waals surface area contributed by atoms with Gasteiger partial charge >= 0.3 is 11.9 Å². The van der Waals surface area contributed by atoms with Crippen LogP contribution in [0, 0.1) is 5.41 Å². The van der Waals surface area contributed by atoms with Gasteiger partial charge in [-0.1, -0.05) is 60.7 Å². The van der Waals surface area contributed by atoms with Crippen molar-refractivity contribution >= 4 is 23.1 Å². The largest absolute Gasteiger partial charge is 0.468 e. The highest BCUT2D eigenvalue weighted by Crippen LogP contribution is 2.64. The lowest BCUT2D eigenvalue weighted by Gasteiger charge is -2.15. The minimum Gasteiger partial charge on any atom is -0.468 e. The topological polar surface area (TPSA) is 52.6 Å². The highest BCUT2D eigenvalue weighted by molar-refractivity contribution is 6.38. The van der Waals surface area contributed by atoms with Crippen LogP contribution in [-0.2, 0) is 19.1 Å². The minimum atomic E-state index is -1.48. The second kappa shape index (κ2) is 5.72. The first-order chi connectivity index (χ1) is 11.2. The molecule has 0 amide bonds. The van der Waals surface area contributed by atoms with Gasteiger partial charge in [-0.3, -0.25) is 9.59 Å². The van der Waals surface area contributed by atoms with Gasteiger partial charge in [0.1, 0.15) is 0 Å². The fraction of sp³-hybridized carbons (Fsp3) is 0.158. The number of rotatable bonds is 4. The molecule has 2 aromatic carbocycles. The van der Waals surface area contributed by atoms with Crippen LogP contribution in [0.5, 0.6) is 0 Å². The van der Waals surface area contributed by atoms with Crippen LogP contribution >= 0.6 is 0 Å². The van der Waals surface area contributed by atoms with Crippen LogP contribution in [0.15, 0.2) is 60.7 Å². The van der Waals surface area contributed by atoms with Crippen LogP contribution in [0.2, 0.25) is 0 Å². The first kappa shape index (κ1) is 15.0. The van der Waals surface area contributed by atoms with E-state index in [1.165, 1.54) is 14.2 Å². The van der Waals surface area contributed by atoms with Crippen molar-refractivity contribution in [2.24, 2.45) is 5.41 Å². The monoisotopic (exact) mass is 308 g/mol. The Morgan fingerprint density at radius 1 is 0.696 bits per heavy atom. The highest BCUT2D eigenvalue weighted by atomic mass is 16.5. The molecule has 116 valence electrons. The zero-order valence-electron chi connectivity index (χ0n) is 12.9. The predicted octanol–water partition coefficient (Wildman–Crippen LogP) is 2.94. The van der Waals surface area contributed by atoms with Gasteiger partial charge in [0.05, 0.1) is 14.2 Å². The van der Waals surface area contributed by atoms with Crippen molar-refractivity contribution in [1.82, 2.24) is 0 Å². The van der Waals surface area contributed by atoms with Crippen molar-refractivity contribution in [3.8, 4) is 0 Å². The lowest BCUT2D eigenvalue weighted by atomic mass is 9.92. The fourth-order valence-electron chi connectivity index (χ4n) is 3.01. The van der Waals surface area contributed by atoms with Crippen molar-refractivity contribution < 1.29 is 19.1 Å². The molecule has 0 saturated carbocycles. The molecule has 0 unspecified atom stereocenters. The Morgan fingerprint density at radius 3 is 1.35 bits per heavy atom. The molecule has 0 aliphatic heterocycles. The zero-order valence-corrected chi connectivity index (χ0v) is 12.9. The van der Waals surface area contributed by atoms with Crippen molar-refractivity contribution in [2.75, 3.05) is 14.2 Å². The van der Waals surface area contributed by atoms with Gasteiger partial charge < -0.3 is 9.47 Å². The first-order valence-electron chi connectivity index (χ1n) is 7.20. The molecule has 23 heavy (non-hydrogen) atoms. The minimum absolute atomic E-state index is 0.623. The van der Waals surface area contributed by atoms with Crippen LogP contribution in [-0.4, -0.2) is 26.2 Å². The predicted molar refractivity (Wildman–Crippen MR) is 86.2 cm³/mol. The molecule has 4 nitrogen and oxygen atoms in total. The number of methoxy groups -OCH3 is 2. The second-order valence-corrected chi connectivity index (χ2v) is 5.22. The molecule has 1 aliphatic rings. The number of hydrogen-bond acceptors (Lipinski definition) is 4. The van der Waals surface area contributed by atoms with Gasteiger partial charge in [-0.05, 0) is 22.3 Å². The van der Waals surface area contributed by atoms with E-state index in [2.05, 4.69) is 0 Å². The standard InChI is InChI=1S/C19H16O4/c1-22-17(20)19(18(21)23-2)15(13-9-5-3-6-10-13)16(19)14-11-7-4-8-12-14/h3-12H,1-2H3. The molecule has 2 aromatic rings. The zero-order chi connectivity index (χ0) is 16.4. The Balaban J connectivity index is 2.21. The van der Waals surface area contributed by atoms with Crippen molar-refractivity contribution in [3.63, 3.8) is 0 Å². The summed E-state index contributed by atoms with van der Waals surface area (Å²) in [6.45, 7) is 0. The molecule has 0 atom stereocenters. The second-order valence-electron chi connectivity index (χ2n) is 5.22. The Bertz CT molecular complexity index is 708. The van der Waals surface area contributed by atoms with E-state index in [0.717, 1.165) is 11.1 Å². The van der Waals surface area contributed by atoms with Gasteiger partial charge in [-0.2, -0.15) is 0 Å². The molecule has 0 heterocycles. The van der Waals surface area contributed by atoms with E-state index in [1.807, 2.05) is 60.7 Å². The van der Waals surface area contributed by atoms with E-state index in [9.17, 15) is 9.59 Å². The van der Waals surface area contributed by atoms with Gasteiger partial charge in [0.25, 0.3) is 0 Å². The number of carbonyl (C=O) groups excluding carboxylic acids is 2. The molecular formula is C19H16O4. The molecule has 3 rings (SSSR count). The number of benzene rings is 2. The van der Waals surface area contributed by atoms with Crippen LogP contribution in [0.25, 0.3) is 11.1 Å². The number of carbonyl (C=O) groups is 2. The highest BCUT2D eigenvalue weighted by Gasteiger charge is 2.67. The molecule has 4 heteroatoms. The van der Waals surface area contributed by atoms with Crippen LogP contribution < -0.4 is 0 Å². The summed E-state index contributed by atoms with van der Waals surface area (Å²) in [5.74, 6) is -1.25. The van der Waals surface area contributed by atoms with E-state index in [4.69, 9.17) is 9.47 Å². The van der Waals surface area contributed by atoms with Gasteiger partial charge in [0.15, 0.2) is 0 Å². The Kier molecular flexibility index (Phi) is 3.74. The van der Waals surface area contributed by atoms with Gasteiger partial charge in [0.2, 0.25) is 5.41 Å². The summed E-state index contributed by atoms with van der Waals surface area (Å²) in [6.07, 6.45) is 0. The van der Waals surface area contributed by atoms with Crippen molar-refractivity contribution in [2.45, 2.75) is 0 Å². The fourth-order valence-corrected chi connectivity index (χ4v) is 3.01.